The minimum atomic E-state index is -3.87. The minimum absolute atomic E-state index is 0.0392. The first-order valence-corrected chi connectivity index (χ1v) is 17.2. The van der Waals surface area contributed by atoms with Crippen LogP contribution < -0.4 is 10.1 Å². The molecule has 4 aromatic rings. The second-order valence-corrected chi connectivity index (χ2v) is 14.3. The highest BCUT2D eigenvalue weighted by Gasteiger charge is 2.38. The Balaban J connectivity index is 1.06. The summed E-state index contributed by atoms with van der Waals surface area (Å²) in [5.41, 5.74) is 4.92. The Labute approximate surface area is 259 Å². The third-order valence-electron chi connectivity index (χ3n) is 9.59. The summed E-state index contributed by atoms with van der Waals surface area (Å²) in [6, 6.07) is 20.9. The van der Waals surface area contributed by atoms with E-state index in [2.05, 4.69) is 33.0 Å². The van der Waals surface area contributed by atoms with Gasteiger partial charge in [-0.25, -0.2) is 8.42 Å². The van der Waals surface area contributed by atoms with Crippen LogP contribution >= 0.6 is 0 Å². The average molecular weight is 613 g/mol. The fourth-order valence-electron chi connectivity index (χ4n) is 7.25. The summed E-state index contributed by atoms with van der Waals surface area (Å²) >= 11 is 0. The van der Waals surface area contributed by atoms with Crippen LogP contribution in [0.25, 0.3) is 10.8 Å². The van der Waals surface area contributed by atoms with Crippen LogP contribution in [0.5, 0.6) is 5.75 Å². The highest BCUT2D eigenvalue weighted by Crippen LogP contribution is 2.35. The van der Waals surface area contributed by atoms with Crippen molar-refractivity contribution in [3.8, 4) is 5.75 Å². The molecule has 44 heavy (non-hydrogen) atoms. The van der Waals surface area contributed by atoms with Crippen LogP contribution in [0.3, 0.4) is 0 Å². The molecule has 1 aromatic heterocycles. The molecule has 3 aromatic carbocycles. The Morgan fingerprint density at radius 3 is 2.59 bits per heavy atom. The smallest absolute Gasteiger partial charge is 0.243 e. The number of amides is 1. The van der Waals surface area contributed by atoms with Crippen molar-refractivity contribution >= 4 is 26.7 Å². The van der Waals surface area contributed by atoms with Crippen LogP contribution in [-0.4, -0.2) is 60.9 Å². The van der Waals surface area contributed by atoms with Gasteiger partial charge in [-0.1, -0.05) is 30.3 Å². The molecule has 0 spiro atoms. The zero-order chi connectivity index (χ0) is 30.3. The lowest BCUT2D eigenvalue weighted by Gasteiger charge is -2.36. The van der Waals surface area contributed by atoms with Crippen LogP contribution in [0, 0.1) is 0 Å². The molecule has 2 aliphatic heterocycles. The fraction of sp³-hybridized carbons (Fsp3) is 0.400. The number of carbonyl (C=O) groups is 1. The number of sulfonamides is 1. The van der Waals surface area contributed by atoms with E-state index in [9.17, 15) is 13.2 Å². The number of fused-ring (bicyclic) bond motifs is 3. The van der Waals surface area contributed by atoms with Crippen LogP contribution in [-0.2, 0) is 40.7 Å². The number of hydrogen-bond donors (Lipinski definition) is 1. The largest absolute Gasteiger partial charge is 0.497 e. The van der Waals surface area contributed by atoms with E-state index in [0.29, 0.717) is 13.1 Å². The number of nitrogens with zero attached hydrogens (tertiary/aromatic N) is 3. The second-order valence-electron chi connectivity index (χ2n) is 12.4. The Hall–Kier alpha value is -3.66. The number of ether oxygens (including phenoxy) is 1. The van der Waals surface area contributed by atoms with E-state index in [-0.39, 0.29) is 23.3 Å². The average Bonchev–Trinajstić information content (AvgIpc) is 3.73. The van der Waals surface area contributed by atoms with Gasteiger partial charge in [0.2, 0.25) is 15.9 Å². The second kappa shape index (κ2) is 12.0. The van der Waals surface area contributed by atoms with E-state index >= 15 is 0 Å². The van der Waals surface area contributed by atoms with Crippen molar-refractivity contribution < 1.29 is 17.9 Å². The monoisotopic (exact) mass is 612 g/mol. The maximum absolute atomic E-state index is 14.1. The molecule has 230 valence electrons. The number of nitrogens with one attached hydrogen (secondary N) is 1. The van der Waals surface area contributed by atoms with E-state index < -0.39 is 16.1 Å². The highest BCUT2D eigenvalue weighted by atomic mass is 32.2. The predicted octanol–water partition coefficient (Wildman–Crippen LogP) is 5.06. The topological polar surface area (TPSA) is 83.9 Å². The van der Waals surface area contributed by atoms with Crippen LogP contribution in [0.1, 0.15) is 54.1 Å². The van der Waals surface area contributed by atoms with Crippen molar-refractivity contribution in [3.05, 3.63) is 95.3 Å². The summed E-state index contributed by atoms with van der Waals surface area (Å²) in [6.45, 7) is 4.24. The molecule has 2 unspecified atom stereocenters. The van der Waals surface area contributed by atoms with Gasteiger partial charge in [0.15, 0.2) is 0 Å². The molecule has 8 nitrogen and oxygen atoms in total. The molecular formula is C35H40N4O4S. The zero-order valence-corrected chi connectivity index (χ0v) is 26.1. The summed E-state index contributed by atoms with van der Waals surface area (Å²) in [6.07, 6.45) is 7.25. The summed E-state index contributed by atoms with van der Waals surface area (Å²) < 4.78 is 37.1. The van der Waals surface area contributed by atoms with Crippen molar-refractivity contribution in [1.82, 2.24) is 19.1 Å². The first-order chi connectivity index (χ1) is 21.4. The van der Waals surface area contributed by atoms with Gasteiger partial charge in [0.25, 0.3) is 0 Å². The number of hydrogen-bond acceptors (Lipinski definition) is 5. The van der Waals surface area contributed by atoms with Crippen molar-refractivity contribution in [1.29, 1.82) is 0 Å². The van der Waals surface area contributed by atoms with Crippen molar-refractivity contribution in [2.45, 2.75) is 68.6 Å². The first kappa shape index (κ1) is 29.1. The molecule has 1 fully saturated rings. The molecule has 0 saturated carbocycles. The van der Waals surface area contributed by atoms with E-state index in [4.69, 9.17) is 4.74 Å². The number of likely N-dealkylation sites (tertiary alicyclic amines) is 1. The van der Waals surface area contributed by atoms with Gasteiger partial charge in [-0.3, -0.25) is 9.69 Å². The van der Waals surface area contributed by atoms with E-state index in [1.807, 2.05) is 42.6 Å². The maximum Gasteiger partial charge on any atom is 0.243 e. The summed E-state index contributed by atoms with van der Waals surface area (Å²) in [4.78, 5) is 16.3. The molecule has 1 saturated heterocycles. The van der Waals surface area contributed by atoms with Gasteiger partial charge < -0.3 is 14.6 Å². The van der Waals surface area contributed by atoms with E-state index in [0.717, 1.165) is 48.0 Å². The quantitative estimate of drug-likeness (QED) is 0.301. The zero-order valence-electron chi connectivity index (χ0n) is 25.2. The number of carbonyl (C=O) groups excluding carboxylic acids is 1. The van der Waals surface area contributed by atoms with Crippen molar-refractivity contribution in [3.63, 3.8) is 0 Å². The van der Waals surface area contributed by atoms with Crippen molar-refractivity contribution in [2.24, 2.45) is 0 Å². The normalized spacial score (nSPS) is 20.8. The maximum atomic E-state index is 14.1. The molecule has 1 amide bonds. The number of benzene rings is 3. The number of aromatic nitrogens is 1. The number of rotatable bonds is 8. The molecule has 0 bridgehead atoms. The van der Waals surface area contributed by atoms with Crippen molar-refractivity contribution in [2.75, 3.05) is 26.7 Å². The van der Waals surface area contributed by atoms with E-state index in [1.54, 1.807) is 19.2 Å². The molecule has 3 heterocycles. The van der Waals surface area contributed by atoms with Gasteiger partial charge in [0.1, 0.15) is 5.75 Å². The lowest BCUT2D eigenvalue weighted by atomic mass is 9.87. The summed E-state index contributed by atoms with van der Waals surface area (Å²) in [7, 11) is -2.25. The molecular weight excluding hydrogens is 572 g/mol. The molecule has 1 aliphatic carbocycles. The van der Waals surface area contributed by atoms with Gasteiger partial charge in [-0.15, -0.1) is 0 Å². The Morgan fingerprint density at radius 2 is 1.75 bits per heavy atom. The molecule has 9 heteroatoms. The third kappa shape index (κ3) is 5.76. The Bertz CT molecular complexity index is 1790. The molecule has 0 radical (unpaired) electrons. The molecule has 1 N–H and O–H groups in total. The third-order valence-corrected chi connectivity index (χ3v) is 11.5. The highest BCUT2D eigenvalue weighted by molar-refractivity contribution is 7.89. The lowest BCUT2D eigenvalue weighted by molar-refractivity contribution is -0.123. The first-order valence-electron chi connectivity index (χ1n) is 15.7. The van der Waals surface area contributed by atoms with Gasteiger partial charge in [0, 0.05) is 44.0 Å². The lowest BCUT2D eigenvalue weighted by Crippen LogP contribution is -2.45. The molecule has 2 atom stereocenters. The summed E-state index contributed by atoms with van der Waals surface area (Å²) in [5, 5.41) is 4.99. The van der Waals surface area contributed by atoms with Crippen LogP contribution in [0.4, 0.5) is 0 Å². The summed E-state index contributed by atoms with van der Waals surface area (Å²) in [5.74, 6) is 0.606. The minimum Gasteiger partial charge on any atom is -0.497 e. The fourth-order valence-corrected chi connectivity index (χ4v) is 8.88. The van der Waals surface area contributed by atoms with Crippen LogP contribution in [0.2, 0.25) is 0 Å². The molecule has 7 rings (SSSR count). The van der Waals surface area contributed by atoms with Crippen LogP contribution in [0.15, 0.2) is 77.8 Å². The van der Waals surface area contributed by atoms with E-state index in [1.165, 1.54) is 46.9 Å². The number of methoxy groups -OCH3 is 1. The SMILES string of the molecule is COc1ccc2cc(S(=O)(=O)N3CCn4cccc4C3CC(=O)NC3CCc4cc(CN5CCCC5)ccc4C3)ccc2c1. The standard InChI is InChI=1S/C35H40N4O4S/c1-43-31-12-9-29-22-32(13-10-28(29)21-31)44(41,42)39-18-17-38-16-4-5-33(38)34(39)23-35(40)36-30-11-8-26-19-25(6-7-27(26)20-30)24-37-14-2-3-15-37/h4-7,9-10,12-13,16,19,21-22,30,34H,2-3,8,11,14-15,17-18,20,23-24H2,1H3,(H,36,40). The number of aryl methyl sites for hydroxylation is 1. The van der Waals surface area contributed by atoms with Gasteiger partial charge in [-0.05, 0) is 109 Å². The predicted molar refractivity (Wildman–Crippen MR) is 171 cm³/mol. The van der Waals surface area contributed by atoms with Gasteiger partial charge in [0.05, 0.1) is 18.0 Å². The Kier molecular flexibility index (Phi) is 7.95. The Morgan fingerprint density at radius 1 is 0.932 bits per heavy atom. The van der Waals surface area contributed by atoms with Gasteiger partial charge >= 0.3 is 0 Å². The molecule has 3 aliphatic rings. The van der Waals surface area contributed by atoms with Gasteiger partial charge in [-0.2, -0.15) is 4.31 Å².